The zero-order valence-electron chi connectivity index (χ0n) is 8.26. The summed E-state index contributed by atoms with van der Waals surface area (Å²) in [5.41, 5.74) is 10.6. The van der Waals surface area contributed by atoms with Gasteiger partial charge >= 0.3 is 0 Å². The van der Waals surface area contributed by atoms with Gasteiger partial charge in [0.2, 0.25) is 29.7 Å². The maximum atomic E-state index is 11.1. The van der Waals surface area contributed by atoms with Gasteiger partial charge in [-0.15, -0.1) is 0 Å². The van der Waals surface area contributed by atoms with Gasteiger partial charge in [0, 0.05) is 13.8 Å². The van der Waals surface area contributed by atoms with Gasteiger partial charge in [0.05, 0.1) is 0 Å². The average Bonchev–Trinajstić information content (AvgIpc) is 1.99. The third-order valence-electron chi connectivity index (χ3n) is 1.49. The van der Waals surface area contributed by atoms with Crippen molar-refractivity contribution in [3.63, 3.8) is 0 Å². The van der Waals surface area contributed by atoms with Gasteiger partial charge in [-0.05, 0) is 0 Å². The van der Waals surface area contributed by atoms with E-state index in [4.69, 9.17) is 11.5 Å². The fraction of sp³-hybridized carbons (Fsp3) is 0.286. The Bertz CT molecular complexity index is 384. The minimum atomic E-state index is -0.521. The fourth-order valence-electron chi connectivity index (χ4n) is 1.00. The van der Waals surface area contributed by atoms with Gasteiger partial charge in [0.25, 0.3) is 0 Å². The molecule has 1 heterocycles. The molecule has 15 heavy (non-hydrogen) atoms. The van der Waals surface area contributed by atoms with Gasteiger partial charge in [-0.2, -0.15) is 15.0 Å². The largest absolute Gasteiger partial charge is 0.368 e. The molecule has 1 aromatic rings. The maximum Gasteiger partial charge on any atom is 0.245 e. The van der Waals surface area contributed by atoms with Gasteiger partial charge < -0.3 is 11.5 Å². The van der Waals surface area contributed by atoms with Crippen molar-refractivity contribution in [2.75, 3.05) is 16.4 Å². The van der Waals surface area contributed by atoms with Crippen LogP contribution in [0.5, 0.6) is 0 Å². The van der Waals surface area contributed by atoms with Crippen molar-refractivity contribution < 1.29 is 9.59 Å². The minimum absolute atomic E-state index is 0.148. The topological polar surface area (TPSA) is 128 Å². The number of carbonyl (C=O) groups excluding carboxylic acids is 2. The summed E-state index contributed by atoms with van der Waals surface area (Å²) in [6.45, 7) is 2.41. The van der Waals surface area contributed by atoms with Crippen molar-refractivity contribution in [3.8, 4) is 0 Å². The second-order valence-electron chi connectivity index (χ2n) is 2.73. The highest BCUT2D eigenvalue weighted by molar-refractivity contribution is 6.11. The lowest BCUT2D eigenvalue weighted by Crippen LogP contribution is -2.35. The number of nitrogen functional groups attached to an aromatic ring is 2. The van der Waals surface area contributed by atoms with Crippen molar-refractivity contribution >= 4 is 29.7 Å². The number of aromatic nitrogens is 3. The predicted octanol–water partition coefficient (Wildman–Crippen LogP) is -1.06. The molecule has 0 saturated heterocycles. The van der Waals surface area contributed by atoms with E-state index in [9.17, 15) is 9.59 Å². The molecule has 0 fully saturated rings. The Morgan fingerprint density at radius 3 is 1.73 bits per heavy atom. The van der Waals surface area contributed by atoms with E-state index in [1.165, 1.54) is 13.8 Å². The lowest BCUT2D eigenvalue weighted by Gasteiger charge is -2.14. The Hall–Kier alpha value is -2.25. The first-order valence-electron chi connectivity index (χ1n) is 4.00. The summed E-state index contributed by atoms with van der Waals surface area (Å²) in [6.07, 6.45) is 0. The number of hydrogen-bond donors (Lipinski definition) is 2. The van der Waals surface area contributed by atoms with Crippen LogP contribution in [0.2, 0.25) is 0 Å². The number of nitrogens with zero attached hydrogens (tertiary/aromatic N) is 4. The van der Waals surface area contributed by atoms with E-state index in [1.807, 2.05) is 0 Å². The first-order chi connectivity index (χ1) is 6.91. The first kappa shape index (κ1) is 10.8. The maximum absolute atomic E-state index is 11.1. The van der Waals surface area contributed by atoms with Crippen molar-refractivity contribution in [2.24, 2.45) is 0 Å². The quantitative estimate of drug-likeness (QED) is 0.604. The van der Waals surface area contributed by atoms with Crippen LogP contribution in [-0.2, 0) is 9.59 Å². The van der Waals surface area contributed by atoms with Crippen LogP contribution in [0.15, 0.2) is 0 Å². The van der Waals surface area contributed by atoms with Crippen LogP contribution in [-0.4, -0.2) is 26.8 Å². The Morgan fingerprint density at radius 1 is 1.00 bits per heavy atom. The van der Waals surface area contributed by atoms with E-state index < -0.39 is 11.8 Å². The van der Waals surface area contributed by atoms with Crippen LogP contribution in [0.4, 0.5) is 17.8 Å². The number of rotatable bonds is 1. The van der Waals surface area contributed by atoms with Crippen LogP contribution in [0.3, 0.4) is 0 Å². The Labute approximate surface area is 85.3 Å². The molecule has 0 aliphatic heterocycles. The molecule has 0 aromatic carbocycles. The smallest absolute Gasteiger partial charge is 0.245 e. The number of nitrogens with two attached hydrogens (primary N) is 2. The Kier molecular flexibility index (Phi) is 2.79. The van der Waals surface area contributed by atoms with Crippen molar-refractivity contribution in [2.45, 2.75) is 13.8 Å². The highest BCUT2D eigenvalue weighted by atomic mass is 16.2. The summed E-state index contributed by atoms with van der Waals surface area (Å²) in [4.78, 5) is 33.8. The fourth-order valence-corrected chi connectivity index (χ4v) is 1.00. The highest BCUT2D eigenvalue weighted by Crippen LogP contribution is 2.10. The standard InChI is InChI=1S/C7H10N6O2/c1-3(14)13(4(2)15)7-11-5(8)10-6(9)12-7/h1-2H3,(H4,8,9,10,11,12). The number of anilines is 3. The zero-order valence-corrected chi connectivity index (χ0v) is 8.26. The van der Waals surface area contributed by atoms with Crippen molar-refractivity contribution in [1.82, 2.24) is 15.0 Å². The summed E-state index contributed by atoms with van der Waals surface area (Å²) >= 11 is 0. The van der Waals surface area contributed by atoms with E-state index in [-0.39, 0.29) is 17.8 Å². The summed E-state index contributed by atoms with van der Waals surface area (Å²) < 4.78 is 0. The van der Waals surface area contributed by atoms with E-state index in [0.29, 0.717) is 0 Å². The van der Waals surface area contributed by atoms with Crippen molar-refractivity contribution in [1.29, 1.82) is 0 Å². The predicted molar refractivity (Wildman–Crippen MR) is 52.5 cm³/mol. The third-order valence-corrected chi connectivity index (χ3v) is 1.49. The summed E-state index contributed by atoms with van der Waals surface area (Å²) in [5, 5.41) is 0. The normalized spacial score (nSPS) is 9.73. The van der Waals surface area contributed by atoms with Gasteiger partial charge in [-0.3, -0.25) is 9.59 Å². The molecular weight excluding hydrogens is 200 g/mol. The van der Waals surface area contributed by atoms with Crippen LogP contribution < -0.4 is 16.4 Å². The molecule has 8 heteroatoms. The van der Waals surface area contributed by atoms with Gasteiger partial charge in [0.15, 0.2) is 0 Å². The lowest BCUT2D eigenvalue weighted by atomic mass is 10.5. The molecule has 2 amide bonds. The molecule has 4 N–H and O–H groups in total. The number of amides is 2. The third kappa shape index (κ3) is 2.36. The van der Waals surface area contributed by atoms with Gasteiger partial charge in [-0.1, -0.05) is 0 Å². The zero-order chi connectivity index (χ0) is 11.6. The monoisotopic (exact) mass is 210 g/mol. The average molecular weight is 210 g/mol. The van der Waals surface area contributed by atoms with E-state index in [2.05, 4.69) is 15.0 Å². The molecule has 8 nitrogen and oxygen atoms in total. The first-order valence-corrected chi connectivity index (χ1v) is 4.00. The summed E-state index contributed by atoms with van der Waals surface area (Å²) in [7, 11) is 0. The molecule has 0 unspecified atom stereocenters. The van der Waals surface area contributed by atoms with Crippen LogP contribution >= 0.6 is 0 Å². The minimum Gasteiger partial charge on any atom is -0.368 e. The summed E-state index contributed by atoms with van der Waals surface area (Å²) in [5.74, 6) is -1.50. The molecule has 0 aliphatic carbocycles. The van der Waals surface area contributed by atoms with E-state index in [1.54, 1.807) is 0 Å². The number of imide groups is 1. The molecular formula is C7H10N6O2. The van der Waals surface area contributed by atoms with Crippen LogP contribution in [0.25, 0.3) is 0 Å². The molecule has 80 valence electrons. The Morgan fingerprint density at radius 2 is 1.40 bits per heavy atom. The SMILES string of the molecule is CC(=O)N(C(C)=O)c1nc(N)nc(N)n1. The van der Waals surface area contributed by atoms with Crippen LogP contribution in [0.1, 0.15) is 13.8 Å². The van der Waals surface area contributed by atoms with E-state index in [0.717, 1.165) is 4.90 Å². The second-order valence-corrected chi connectivity index (χ2v) is 2.73. The van der Waals surface area contributed by atoms with E-state index >= 15 is 0 Å². The molecule has 1 aromatic heterocycles. The number of carbonyl (C=O) groups is 2. The molecule has 1 rings (SSSR count). The van der Waals surface area contributed by atoms with Gasteiger partial charge in [-0.25, -0.2) is 4.90 Å². The summed E-state index contributed by atoms with van der Waals surface area (Å²) in [6, 6.07) is 0. The number of hydrogen-bond acceptors (Lipinski definition) is 7. The second kappa shape index (κ2) is 3.86. The Balaban J connectivity index is 3.22. The highest BCUT2D eigenvalue weighted by Gasteiger charge is 2.20. The van der Waals surface area contributed by atoms with Crippen LogP contribution in [0, 0.1) is 0 Å². The van der Waals surface area contributed by atoms with Crippen molar-refractivity contribution in [3.05, 3.63) is 0 Å². The van der Waals surface area contributed by atoms with Gasteiger partial charge in [0.1, 0.15) is 0 Å². The lowest BCUT2D eigenvalue weighted by molar-refractivity contribution is -0.124. The molecule has 0 bridgehead atoms. The molecule has 0 saturated carbocycles. The molecule has 0 spiro atoms. The molecule has 0 radical (unpaired) electrons. The molecule has 0 aliphatic rings. The molecule has 0 atom stereocenters.